The van der Waals surface area contributed by atoms with Gasteiger partial charge in [0.15, 0.2) is 0 Å². The van der Waals surface area contributed by atoms with Crippen molar-refractivity contribution in [2.75, 3.05) is 18.1 Å². The first-order chi connectivity index (χ1) is 6.83. The molecule has 0 radical (unpaired) electrons. The van der Waals surface area contributed by atoms with Gasteiger partial charge in [-0.2, -0.15) is 11.8 Å². The summed E-state index contributed by atoms with van der Waals surface area (Å²) in [7, 11) is 0. The molecule has 0 aliphatic heterocycles. The van der Waals surface area contributed by atoms with Crippen molar-refractivity contribution in [1.29, 1.82) is 0 Å². The highest BCUT2D eigenvalue weighted by atomic mass is 32.2. The maximum Gasteiger partial charge on any atom is 0.0270 e. The first-order valence-corrected chi connectivity index (χ1v) is 6.15. The van der Waals surface area contributed by atoms with Gasteiger partial charge in [0.25, 0.3) is 0 Å². The van der Waals surface area contributed by atoms with Crippen LogP contribution in [-0.4, -0.2) is 23.0 Å². The van der Waals surface area contributed by atoms with Crippen molar-refractivity contribution in [3.05, 3.63) is 30.1 Å². The summed E-state index contributed by atoms with van der Waals surface area (Å²) in [4.78, 5) is 3.99. The number of nitrogens with zero attached hydrogens (tertiary/aromatic N) is 1. The Balaban J connectivity index is 2.10. The van der Waals surface area contributed by atoms with Gasteiger partial charge in [-0.1, -0.05) is 6.92 Å². The lowest BCUT2D eigenvalue weighted by Gasteiger charge is -2.07. The molecule has 0 bridgehead atoms. The van der Waals surface area contributed by atoms with Gasteiger partial charge in [-0.3, -0.25) is 4.98 Å². The van der Waals surface area contributed by atoms with Crippen LogP contribution in [0.3, 0.4) is 0 Å². The Morgan fingerprint density at radius 3 is 2.79 bits per heavy atom. The van der Waals surface area contributed by atoms with E-state index >= 15 is 0 Å². The topological polar surface area (TPSA) is 38.9 Å². The maximum atomic E-state index is 5.54. The summed E-state index contributed by atoms with van der Waals surface area (Å²) in [6.07, 6.45) is 4.83. The lowest BCUT2D eigenvalue weighted by molar-refractivity contribution is 0.675. The molecule has 1 rings (SSSR count). The standard InChI is InChI=1S/C11H18N2S/c1-10(8-12)9-14-7-4-11-2-5-13-6-3-11/h2-3,5-6,10H,4,7-9,12H2,1H3. The van der Waals surface area contributed by atoms with Crippen LogP contribution in [0.15, 0.2) is 24.5 Å². The van der Waals surface area contributed by atoms with Gasteiger partial charge >= 0.3 is 0 Å². The second-order valence-electron chi connectivity index (χ2n) is 3.52. The second kappa shape index (κ2) is 6.85. The molecule has 1 atom stereocenters. The summed E-state index contributed by atoms with van der Waals surface area (Å²) in [5.41, 5.74) is 6.91. The van der Waals surface area contributed by atoms with E-state index in [1.54, 1.807) is 0 Å². The van der Waals surface area contributed by atoms with Gasteiger partial charge < -0.3 is 5.73 Å². The fourth-order valence-electron chi connectivity index (χ4n) is 1.09. The van der Waals surface area contributed by atoms with Gasteiger partial charge in [0.05, 0.1) is 0 Å². The predicted octanol–water partition coefficient (Wildman–Crippen LogP) is 1.95. The molecule has 1 aromatic heterocycles. The van der Waals surface area contributed by atoms with Crippen molar-refractivity contribution in [3.63, 3.8) is 0 Å². The number of hydrogen-bond donors (Lipinski definition) is 1. The van der Waals surface area contributed by atoms with E-state index in [1.807, 2.05) is 24.2 Å². The number of pyridine rings is 1. The van der Waals surface area contributed by atoms with Crippen molar-refractivity contribution >= 4 is 11.8 Å². The molecule has 1 heterocycles. The molecule has 0 amide bonds. The van der Waals surface area contributed by atoms with Crippen LogP contribution in [0.25, 0.3) is 0 Å². The van der Waals surface area contributed by atoms with Gasteiger partial charge in [-0.05, 0) is 48.1 Å². The van der Waals surface area contributed by atoms with Crippen molar-refractivity contribution < 1.29 is 0 Å². The van der Waals surface area contributed by atoms with Crippen molar-refractivity contribution in [2.24, 2.45) is 11.7 Å². The molecule has 14 heavy (non-hydrogen) atoms. The van der Waals surface area contributed by atoms with Gasteiger partial charge in [0, 0.05) is 12.4 Å². The normalized spacial score (nSPS) is 12.7. The van der Waals surface area contributed by atoms with Crippen molar-refractivity contribution in [2.45, 2.75) is 13.3 Å². The largest absolute Gasteiger partial charge is 0.330 e. The van der Waals surface area contributed by atoms with E-state index in [-0.39, 0.29) is 0 Å². The molecule has 2 nitrogen and oxygen atoms in total. The molecule has 0 aliphatic rings. The summed E-state index contributed by atoms with van der Waals surface area (Å²) in [5.74, 6) is 2.98. The fourth-order valence-corrected chi connectivity index (χ4v) is 2.18. The van der Waals surface area contributed by atoms with Crippen LogP contribution in [0.5, 0.6) is 0 Å². The molecule has 1 aromatic rings. The highest BCUT2D eigenvalue weighted by Gasteiger charge is 1.98. The number of aryl methyl sites for hydroxylation is 1. The lowest BCUT2D eigenvalue weighted by Crippen LogP contribution is -2.13. The maximum absolute atomic E-state index is 5.54. The quantitative estimate of drug-likeness (QED) is 0.729. The summed E-state index contributed by atoms with van der Waals surface area (Å²) in [6.45, 7) is 2.99. The van der Waals surface area contributed by atoms with Gasteiger partial charge in [-0.25, -0.2) is 0 Å². The van der Waals surface area contributed by atoms with Crippen LogP contribution in [0, 0.1) is 5.92 Å². The van der Waals surface area contributed by atoms with E-state index in [0.29, 0.717) is 5.92 Å². The number of hydrogen-bond acceptors (Lipinski definition) is 3. The van der Waals surface area contributed by atoms with Gasteiger partial charge in [-0.15, -0.1) is 0 Å². The third-order valence-electron chi connectivity index (χ3n) is 2.09. The lowest BCUT2D eigenvalue weighted by atomic mass is 10.2. The van der Waals surface area contributed by atoms with E-state index in [9.17, 15) is 0 Å². The highest BCUT2D eigenvalue weighted by molar-refractivity contribution is 7.99. The van der Waals surface area contributed by atoms with E-state index < -0.39 is 0 Å². The number of thioether (sulfide) groups is 1. The molecule has 0 aliphatic carbocycles. The number of rotatable bonds is 6. The Labute approximate surface area is 90.3 Å². The Kier molecular flexibility index (Phi) is 5.64. The van der Waals surface area contributed by atoms with Crippen LogP contribution in [-0.2, 0) is 6.42 Å². The molecule has 0 fully saturated rings. The van der Waals surface area contributed by atoms with Crippen LogP contribution in [0.4, 0.5) is 0 Å². The molecular weight excluding hydrogens is 192 g/mol. The zero-order chi connectivity index (χ0) is 10.2. The van der Waals surface area contributed by atoms with E-state index in [2.05, 4.69) is 24.0 Å². The van der Waals surface area contributed by atoms with Crippen molar-refractivity contribution in [1.82, 2.24) is 4.98 Å². The monoisotopic (exact) mass is 210 g/mol. The first-order valence-electron chi connectivity index (χ1n) is 4.99. The minimum Gasteiger partial charge on any atom is -0.330 e. The third kappa shape index (κ3) is 4.63. The molecule has 0 aromatic carbocycles. The average Bonchev–Trinajstić information content (AvgIpc) is 2.25. The summed E-state index contributed by atoms with van der Waals surface area (Å²) < 4.78 is 0. The minimum absolute atomic E-state index is 0.637. The number of aromatic nitrogens is 1. The fraction of sp³-hybridized carbons (Fsp3) is 0.545. The smallest absolute Gasteiger partial charge is 0.0270 e. The zero-order valence-corrected chi connectivity index (χ0v) is 9.46. The number of nitrogens with two attached hydrogens (primary N) is 1. The van der Waals surface area contributed by atoms with Crippen LogP contribution in [0.1, 0.15) is 12.5 Å². The van der Waals surface area contributed by atoms with Gasteiger partial charge in [0.2, 0.25) is 0 Å². The molecule has 0 saturated carbocycles. The van der Waals surface area contributed by atoms with E-state index in [0.717, 1.165) is 13.0 Å². The van der Waals surface area contributed by atoms with Crippen LogP contribution < -0.4 is 5.73 Å². The van der Waals surface area contributed by atoms with E-state index in [1.165, 1.54) is 17.1 Å². The Hall–Kier alpha value is -0.540. The Morgan fingerprint density at radius 2 is 2.14 bits per heavy atom. The molecule has 0 spiro atoms. The molecule has 2 N–H and O–H groups in total. The van der Waals surface area contributed by atoms with Crippen LogP contribution in [0.2, 0.25) is 0 Å². The Morgan fingerprint density at radius 1 is 1.43 bits per heavy atom. The zero-order valence-electron chi connectivity index (χ0n) is 8.65. The third-order valence-corrected chi connectivity index (χ3v) is 3.39. The molecule has 78 valence electrons. The minimum atomic E-state index is 0.637. The molecule has 3 heteroatoms. The second-order valence-corrected chi connectivity index (χ2v) is 4.67. The highest BCUT2D eigenvalue weighted by Crippen LogP contribution is 2.09. The van der Waals surface area contributed by atoms with Crippen LogP contribution >= 0.6 is 11.8 Å². The van der Waals surface area contributed by atoms with Gasteiger partial charge in [0.1, 0.15) is 0 Å². The molecular formula is C11H18N2S. The summed E-state index contributed by atoms with van der Waals surface area (Å²) in [6, 6.07) is 4.15. The Bertz CT molecular complexity index is 238. The summed E-state index contributed by atoms with van der Waals surface area (Å²) in [5, 5.41) is 0. The first kappa shape index (κ1) is 11.5. The van der Waals surface area contributed by atoms with Crippen molar-refractivity contribution in [3.8, 4) is 0 Å². The summed E-state index contributed by atoms with van der Waals surface area (Å²) >= 11 is 1.98. The molecule has 1 unspecified atom stereocenters. The van der Waals surface area contributed by atoms with E-state index in [4.69, 9.17) is 5.73 Å². The predicted molar refractivity (Wildman–Crippen MR) is 63.5 cm³/mol. The molecule has 0 saturated heterocycles. The SMILES string of the molecule is CC(CN)CSCCc1ccncc1. The average molecular weight is 210 g/mol.